The van der Waals surface area contributed by atoms with Crippen LogP contribution >= 0.6 is 11.3 Å². The van der Waals surface area contributed by atoms with Crippen LogP contribution in [0.4, 0.5) is 0 Å². The van der Waals surface area contributed by atoms with E-state index in [9.17, 15) is 0 Å². The molecule has 0 spiro atoms. The highest BCUT2D eigenvalue weighted by Crippen LogP contribution is 2.33. The standard InChI is InChI=1S/C18H31N5OS/c1-15-20-12-16(25-15)13-21-17(19-2)22-14-18(6-4-3-5-7-18)23-8-10-24-11-9-23/h12H,3-11,13-14H2,1-2H3,(H2,19,21,22). The van der Waals surface area contributed by atoms with Crippen LogP contribution in [0.2, 0.25) is 0 Å². The minimum atomic E-state index is 0.251. The van der Waals surface area contributed by atoms with Gasteiger partial charge in [-0.1, -0.05) is 19.3 Å². The van der Waals surface area contributed by atoms with Crippen LogP contribution in [-0.4, -0.2) is 61.3 Å². The number of ether oxygens (including phenoxy) is 1. The molecule has 0 aromatic carbocycles. The number of rotatable bonds is 5. The Bertz CT molecular complexity index is 562. The smallest absolute Gasteiger partial charge is 0.191 e. The van der Waals surface area contributed by atoms with Crippen molar-refractivity contribution in [2.45, 2.75) is 51.1 Å². The van der Waals surface area contributed by atoms with E-state index in [1.165, 1.54) is 37.0 Å². The zero-order chi connectivity index (χ0) is 17.5. The highest BCUT2D eigenvalue weighted by molar-refractivity contribution is 7.11. The normalized spacial score (nSPS) is 21.9. The molecule has 1 saturated carbocycles. The predicted molar refractivity (Wildman–Crippen MR) is 103 cm³/mol. The molecule has 1 aliphatic carbocycles. The summed E-state index contributed by atoms with van der Waals surface area (Å²) in [6.07, 6.45) is 8.49. The third-order valence-electron chi connectivity index (χ3n) is 5.37. The van der Waals surface area contributed by atoms with Crippen molar-refractivity contribution in [1.29, 1.82) is 0 Å². The number of nitrogens with zero attached hydrogens (tertiary/aromatic N) is 3. The van der Waals surface area contributed by atoms with Gasteiger partial charge in [0.15, 0.2) is 5.96 Å². The SMILES string of the molecule is CN=C(NCc1cnc(C)s1)NCC1(N2CCOCC2)CCCCC1. The van der Waals surface area contributed by atoms with Crippen LogP contribution in [0.25, 0.3) is 0 Å². The summed E-state index contributed by atoms with van der Waals surface area (Å²) in [7, 11) is 1.84. The molecular weight excluding hydrogens is 334 g/mol. The molecule has 140 valence electrons. The van der Waals surface area contributed by atoms with Gasteiger partial charge in [-0.15, -0.1) is 11.3 Å². The number of thiazole rings is 1. The highest BCUT2D eigenvalue weighted by atomic mass is 32.1. The van der Waals surface area contributed by atoms with Gasteiger partial charge in [-0.2, -0.15) is 0 Å². The summed E-state index contributed by atoms with van der Waals surface area (Å²) in [4.78, 5) is 12.6. The fraction of sp³-hybridized carbons (Fsp3) is 0.778. The molecule has 2 aliphatic rings. The summed E-state index contributed by atoms with van der Waals surface area (Å²) in [6, 6.07) is 0. The minimum absolute atomic E-state index is 0.251. The number of hydrogen-bond donors (Lipinski definition) is 2. The van der Waals surface area contributed by atoms with Crippen molar-refractivity contribution in [3.8, 4) is 0 Å². The maximum Gasteiger partial charge on any atom is 0.191 e. The van der Waals surface area contributed by atoms with Crippen LogP contribution < -0.4 is 10.6 Å². The summed E-state index contributed by atoms with van der Waals surface area (Å²) in [5.74, 6) is 0.879. The molecule has 3 rings (SSSR count). The highest BCUT2D eigenvalue weighted by Gasteiger charge is 2.38. The van der Waals surface area contributed by atoms with Gasteiger partial charge >= 0.3 is 0 Å². The van der Waals surface area contributed by atoms with Crippen LogP contribution in [0.5, 0.6) is 0 Å². The third kappa shape index (κ3) is 4.92. The van der Waals surface area contributed by atoms with E-state index in [0.717, 1.165) is 50.4 Å². The zero-order valence-electron chi connectivity index (χ0n) is 15.5. The van der Waals surface area contributed by atoms with E-state index in [1.807, 2.05) is 20.2 Å². The second kappa shape index (κ2) is 8.96. The quantitative estimate of drug-likeness (QED) is 0.618. The largest absolute Gasteiger partial charge is 0.379 e. The Hall–Kier alpha value is -1.18. The molecule has 1 aromatic heterocycles. The molecule has 25 heavy (non-hydrogen) atoms. The second-order valence-electron chi connectivity index (χ2n) is 7.01. The molecule has 6 nitrogen and oxygen atoms in total. The van der Waals surface area contributed by atoms with E-state index < -0.39 is 0 Å². The topological polar surface area (TPSA) is 61.8 Å². The van der Waals surface area contributed by atoms with Crippen molar-refractivity contribution < 1.29 is 4.74 Å². The van der Waals surface area contributed by atoms with Gasteiger partial charge in [0.1, 0.15) is 0 Å². The first-order valence-electron chi connectivity index (χ1n) is 9.40. The average Bonchev–Trinajstić information content (AvgIpc) is 3.08. The first kappa shape index (κ1) is 18.6. The monoisotopic (exact) mass is 365 g/mol. The molecule has 0 amide bonds. The molecule has 0 unspecified atom stereocenters. The van der Waals surface area contributed by atoms with E-state index in [-0.39, 0.29) is 5.54 Å². The Morgan fingerprint density at radius 1 is 1.28 bits per heavy atom. The van der Waals surface area contributed by atoms with E-state index in [0.29, 0.717) is 0 Å². The first-order valence-corrected chi connectivity index (χ1v) is 10.2. The van der Waals surface area contributed by atoms with Crippen molar-refractivity contribution in [1.82, 2.24) is 20.5 Å². The van der Waals surface area contributed by atoms with E-state index in [2.05, 4.69) is 25.5 Å². The Labute approximate surface area is 155 Å². The number of aromatic nitrogens is 1. The van der Waals surface area contributed by atoms with Crippen molar-refractivity contribution >= 4 is 17.3 Å². The first-order chi connectivity index (χ1) is 12.2. The predicted octanol–water partition coefficient (Wildman–Crippen LogP) is 2.15. The lowest BCUT2D eigenvalue weighted by Crippen LogP contribution is -2.60. The summed E-state index contributed by atoms with van der Waals surface area (Å²) in [5.41, 5.74) is 0.251. The molecule has 0 radical (unpaired) electrons. The maximum atomic E-state index is 5.57. The van der Waals surface area contributed by atoms with Crippen molar-refractivity contribution in [3.63, 3.8) is 0 Å². The Balaban J connectivity index is 1.57. The number of hydrogen-bond acceptors (Lipinski definition) is 5. The molecule has 0 atom stereocenters. The van der Waals surface area contributed by atoms with Crippen LogP contribution in [0, 0.1) is 6.92 Å². The van der Waals surface area contributed by atoms with E-state index in [4.69, 9.17) is 4.74 Å². The second-order valence-corrected chi connectivity index (χ2v) is 8.33. The van der Waals surface area contributed by atoms with Gasteiger partial charge in [-0.25, -0.2) is 4.98 Å². The van der Waals surface area contributed by atoms with E-state index >= 15 is 0 Å². The molecule has 2 fully saturated rings. The van der Waals surface area contributed by atoms with Gasteiger partial charge in [-0.3, -0.25) is 9.89 Å². The van der Waals surface area contributed by atoms with E-state index in [1.54, 1.807) is 11.3 Å². The summed E-state index contributed by atoms with van der Waals surface area (Å²) in [5, 5.41) is 8.12. The lowest BCUT2D eigenvalue weighted by atomic mass is 9.80. The van der Waals surface area contributed by atoms with Gasteiger partial charge in [-0.05, 0) is 19.8 Å². The molecular formula is C18H31N5OS. The maximum absolute atomic E-state index is 5.57. The molecule has 2 N–H and O–H groups in total. The summed E-state index contributed by atoms with van der Waals surface area (Å²) < 4.78 is 5.57. The van der Waals surface area contributed by atoms with Crippen molar-refractivity contribution in [2.24, 2.45) is 4.99 Å². The summed E-state index contributed by atoms with van der Waals surface area (Å²) in [6.45, 7) is 7.58. The number of aliphatic imine (C=N–C) groups is 1. The lowest BCUT2D eigenvalue weighted by molar-refractivity contribution is -0.0352. The third-order valence-corrected chi connectivity index (χ3v) is 6.29. The van der Waals surface area contributed by atoms with Gasteiger partial charge in [0.05, 0.1) is 24.8 Å². The summed E-state index contributed by atoms with van der Waals surface area (Å²) >= 11 is 1.73. The van der Waals surface area contributed by atoms with Crippen molar-refractivity contribution in [3.05, 3.63) is 16.1 Å². The van der Waals surface area contributed by atoms with Crippen LogP contribution in [0.3, 0.4) is 0 Å². The Kier molecular flexibility index (Phi) is 6.67. The van der Waals surface area contributed by atoms with Gasteiger partial charge < -0.3 is 15.4 Å². The fourth-order valence-corrected chi connectivity index (χ4v) is 4.71. The Morgan fingerprint density at radius 3 is 2.68 bits per heavy atom. The molecule has 1 aliphatic heterocycles. The Morgan fingerprint density at radius 2 is 2.04 bits per heavy atom. The van der Waals surface area contributed by atoms with Crippen LogP contribution in [-0.2, 0) is 11.3 Å². The van der Waals surface area contributed by atoms with Gasteiger partial charge in [0, 0.05) is 43.3 Å². The lowest BCUT2D eigenvalue weighted by Gasteiger charge is -2.48. The van der Waals surface area contributed by atoms with Crippen molar-refractivity contribution in [2.75, 3.05) is 39.9 Å². The molecule has 1 saturated heterocycles. The number of nitrogens with one attached hydrogen (secondary N) is 2. The number of aryl methyl sites for hydroxylation is 1. The zero-order valence-corrected chi connectivity index (χ0v) is 16.3. The minimum Gasteiger partial charge on any atom is -0.379 e. The molecule has 1 aromatic rings. The average molecular weight is 366 g/mol. The van der Waals surface area contributed by atoms with Gasteiger partial charge in [0.25, 0.3) is 0 Å². The van der Waals surface area contributed by atoms with Gasteiger partial charge in [0.2, 0.25) is 0 Å². The molecule has 2 heterocycles. The fourth-order valence-electron chi connectivity index (χ4n) is 3.98. The van der Waals surface area contributed by atoms with Crippen LogP contribution in [0.15, 0.2) is 11.2 Å². The molecule has 7 heteroatoms. The van der Waals surface area contributed by atoms with Crippen LogP contribution in [0.1, 0.15) is 42.0 Å². The molecule has 0 bridgehead atoms. The number of guanidine groups is 1. The number of morpholine rings is 1.